The zero-order chi connectivity index (χ0) is 71.0. The summed E-state index contributed by atoms with van der Waals surface area (Å²) in [6.07, 6.45) is 1.83. The number of hydrogen-bond acceptors (Lipinski definition) is 15. The van der Waals surface area contributed by atoms with Gasteiger partial charge >= 0.3 is 18.3 Å². The summed E-state index contributed by atoms with van der Waals surface area (Å²) in [5.74, 6) is 2.41. The van der Waals surface area contributed by atoms with Crippen LogP contribution in [0.2, 0.25) is 15.1 Å². The summed E-state index contributed by atoms with van der Waals surface area (Å²) in [6, 6.07) is 39.3. The largest absolute Gasteiger partial charge is 0.491 e. The van der Waals surface area contributed by atoms with Crippen molar-refractivity contribution in [3.63, 3.8) is 0 Å². The normalized spacial score (nSPS) is 15.4. The molecule has 6 aromatic carbocycles. The fourth-order valence-corrected chi connectivity index (χ4v) is 13.2. The molecule has 9 aromatic rings. The molecular weight excluding hydrogens is 1390 g/mol. The van der Waals surface area contributed by atoms with Crippen molar-refractivity contribution < 1.29 is 75.6 Å². The van der Waals surface area contributed by atoms with Crippen molar-refractivity contribution >= 4 is 97.4 Å². The van der Waals surface area contributed by atoms with Gasteiger partial charge in [0.05, 0.1) is 71.6 Å². The van der Waals surface area contributed by atoms with Crippen molar-refractivity contribution in [2.45, 2.75) is 37.4 Å². The molecule has 3 aromatic heterocycles. The summed E-state index contributed by atoms with van der Waals surface area (Å²) in [5, 5.41) is 5.22. The number of carbonyl (C=O) groups is 3. The molecule has 3 amide bonds. The fraction of sp³-hybridized carbons (Fsp3) is 0.373. The topological polar surface area (TPSA) is 219 Å². The van der Waals surface area contributed by atoms with E-state index in [1.165, 1.54) is 0 Å². The SMILES string of the molecule is C=COC(=O)N1CCc2c([nH]c3ccc(Cl)cc23)C1c1ccc(OCCOCCOC)cc1.COCCOCCOc1ccc(C2c3[nH]c4ccc(Cl)cc4c3CCN2C(=O)OCCCl)cc1.COCCOCCOc1ccc(C2c3[nH]c4ccc(Cl)cc4c3CCN2C(=O)OCCF)cc1. The molecule has 26 heteroatoms. The lowest BCUT2D eigenvalue weighted by Gasteiger charge is -2.35. The first kappa shape index (κ1) is 75.4. The minimum Gasteiger partial charge on any atom is -0.491 e. The van der Waals surface area contributed by atoms with Gasteiger partial charge < -0.3 is 71.8 Å². The van der Waals surface area contributed by atoms with Gasteiger partial charge in [-0.2, -0.15) is 0 Å². The Bertz CT molecular complexity index is 3980. The Morgan fingerprint density at radius 2 is 0.762 bits per heavy atom. The van der Waals surface area contributed by atoms with Gasteiger partial charge in [-0.15, -0.1) is 11.6 Å². The van der Waals surface area contributed by atoms with Gasteiger partial charge in [0.1, 0.15) is 75.1 Å². The molecule has 0 spiro atoms. The number of aromatic amines is 3. The highest BCUT2D eigenvalue weighted by atomic mass is 35.5. The van der Waals surface area contributed by atoms with Gasteiger partial charge in [-0.1, -0.05) is 77.8 Å². The maximum Gasteiger partial charge on any atom is 0.415 e. The smallest absolute Gasteiger partial charge is 0.415 e. The van der Waals surface area contributed by atoms with Crippen LogP contribution in [0, 0.1) is 0 Å². The van der Waals surface area contributed by atoms with Gasteiger partial charge in [0, 0.05) is 106 Å². The highest BCUT2D eigenvalue weighted by molar-refractivity contribution is 6.32. The Morgan fingerprint density at radius 3 is 1.07 bits per heavy atom. The van der Waals surface area contributed by atoms with Gasteiger partial charge in [0.25, 0.3) is 0 Å². The van der Waals surface area contributed by atoms with E-state index in [9.17, 15) is 18.8 Å². The number of H-pyrrole nitrogens is 3. The van der Waals surface area contributed by atoms with Crippen LogP contribution in [0.4, 0.5) is 18.8 Å². The minimum absolute atomic E-state index is 0.165. The number of amides is 3. The van der Waals surface area contributed by atoms with Gasteiger partial charge in [-0.05, 0) is 144 Å². The van der Waals surface area contributed by atoms with Crippen LogP contribution in [0.5, 0.6) is 17.2 Å². The zero-order valence-corrected chi connectivity index (χ0v) is 59.6. The van der Waals surface area contributed by atoms with E-state index in [1.807, 2.05) is 127 Å². The summed E-state index contributed by atoms with van der Waals surface area (Å²) in [4.78, 5) is 54.0. The van der Waals surface area contributed by atoms with Gasteiger partial charge in [-0.25, -0.2) is 18.8 Å². The number of rotatable bonds is 29. The molecule has 538 valence electrons. The fourth-order valence-electron chi connectivity index (χ4n) is 12.6. The second-order valence-electron chi connectivity index (χ2n) is 23.4. The maximum atomic E-state index is 12.9. The van der Waals surface area contributed by atoms with E-state index in [-0.39, 0.29) is 37.3 Å². The third-order valence-corrected chi connectivity index (χ3v) is 18.0. The van der Waals surface area contributed by atoms with E-state index < -0.39 is 24.9 Å². The Morgan fingerprint density at radius 1 is 0.446 bits per heavy atom. The number of hydrogen-bond donors (Lipinski definition) is 3. The third-order valence-electron chi connectivity index (χ3n) is 17.1. The lowest BCUT2D eigenvalue weighted by atomic mass is 9.92. The van der Waals surface area contributed by atoms with Crippen LogP contribution in [-0.4, -0.2) is 194 Å². The second-order valence-corrected chi connectivity index (χ2v) is 25.1. The molecule has 6 heterocycles. The Hall–Kier alpha value is -8.26. The first-order chi connectivity index (χ1) is 49.4. The standard InChI is InChI=1S/C25H28Cl2N2O5.C25H28ClFN2O5.C25H27ClN2O5/c1-31-12-13-32-14-15-33-19-5-2-17(3-6-19)24-23-20(8-10-29(24)25(30)34-11-9-26)21-16-18(27)4-7-22(21)28-23;1-31-12-13-32-14-15-33-19-5-2-17(3-6-19)24-23-20(8-10-29(24)25(30)34-11-9-27)21-16-18(26)4-7-22(21)28-23;1-3-32-25(29)28-11-10-20-21-16-18(26)6-9-22(21)27-23(20)24(28)17-4-7-19(8-5-17)33-15-14-31-13-12-30-2/h2*2-7,16,24,28H,8-15H2,1H3;3-9,16,24,27H,1,10-15H2,2H3. The molecule has 0 fully saturated rings. The molecule has 0 radical (unpaired) electrons. The molecule has 21 nitrogen and oxygen atoms in total. The van der Waals surface area contributed by atoms with Crippen LogP contribution in [-0.2, 0) is 61.9 Å². The second kappa shape index (κ2) is 38.1. The molecule has 0 bridgehead atoms. The molecule has 3 aliphatic rings. The van der Waals surface area contributed by atoms with Crippen molar-refractivity contribution in [2.24, 2.45) is 0 Å². The Balaban J connectivity index is 0.000000163. The number of methoxy groups -OCH3 is 3. The number of nitrogens with zero attached hydrogens (tertiary/aromatic N) is 3. The molecule has 0 aliphatic carbocycles. The Kier molecular flexibility index (Phi) is 28.5. The van der Waals surface area contributed by atoms with Crippen LogP contribution < -0.4 is 14.2 Å². The number of ether oxygens (including phenoxy) is 12. The summed E-state index contributed by atoms with van der Waals surface area (Å²) in [6.45, 7) is 10.2. The third kappa shape index (κ3) is 19.5. The van der Waals surface area contributed by atoms with Crippen molar-refractivity contribution in [2.75, 3.05) is 146 Å². The number of fused-ring (bicyclic) bond motifs is 9. The molecule has 3 aliphatic heterocycles. The number of nitrogens with one attached hydrogen (secondary N) is 3. The maximum absolute atomic E-state index is 12.9. The average Bonchev–Trinajstić information content (AvgIpc) is 1.64. The van der Waals surface area contributed by atoms with Crippen LogP contribution in [0.25, 0.3) is 32.7 Å². The Labute approximate surface area is 605 Å². The van der Waals surface area contributed by atoms with Crippen LogP contribution in [0.3, 0.4) is 0 Å². The summed E-state index contributed by atoms with van der Waals surface area (Å²) >= 11 is 24.5. The summed E-state index contributed by atoms with van der Waals surface area (Å²) < 4.78 is 76.7. The first-order valence-corrected chi connectivity index (χ1v) is 34.9. The monoisotopic (exact) mass is 1470 g/mol. The molecule has 0 saturated heterocycles. The predicted molar refractivity (Wildman–Crippen MR) is 387 cm³/mol. The van der Waals surface area contributed by atoms with Gasteiger partial charge in [-0.3, -0.25) is 14.7 Å². The number of aromatic nitrogens is 3. The van der Waals surface area contributed by atoms with Crippen LogP contribution in [0.1, 0.15) is 68.6 Å². The van der Waals surface area contributed by atoms with Crippen LogP contribution in [0.15, 0.2) is 140 Å². The molecule has 3 unspecified atom stereocenters. The first-order valence-electron chi connectivity index (χ1n) is 33.2. The van der Waals surface area contributed by atoms with E-state index in [4.69, 9.17) is 103 Å². The van der Waals surface area contributed by atoms with Crippen molar-refractivity contribution in [1.82, 2.24) is 29.7 Å². The quantitative estimate of drug-likeness (QED) is 0.0172. The van der Waals surface area contributed by atoms with Crippen molar-refractivity contribution in [3.8, 4) is 17.2 Å². The lowest BCUT2D eigenvalue weighted by Crippen LogP contribution is -2.41. The molecule has 101 heavy (non-hydrogen) atoms. The number of carbonyl (C=O) groups excluding carboxylic acids is 3. The molecule has 0 saturated carbocycles. The molecule has 3 atom stereocenters. The van der Waals surface area contributed by atoms with E-state index in [2.05, 4.69) is 21.5 Å². The predicted octanol–water partition coefficient (Wildman–Crippen LogP) is 15.2. The van der Waals surface area contributed by atoms with E-state index >= 15 is 0 Å². The van der Waals surface area contributed by atoms with Crippen LogP contribution >= 0.6 is 46.4 Å². The summed E-state index contributed by atoms with van der Waals surface area (Å²) in [5.41, 5.74) is 12.0. The lowest BCUT2D eigenvalue weighted by molar-refractivity contribution is 0.0544. The van der Waals surface area contributed by atoms with E-state index in [0.29, 0.717) is 139 Å². The average molecular weight is 1470 g/mol. The zero-order valence-electron chi connectivity index (χ0n) is 56.6. The summed E-state index contributed by atoms with van der Waals surface area (Å²) in [7, 11) is 4.91. The van der Waals surface area contributed by atoms with E-state index in [0.717, 1.165) is 101 Å². The minimum atomic E-state index is -0.721. The van der Waals surface area contributed by atoms with Crippen molar-refractivity contribution in [3.05, 3.63) is 206 Å². The highest BCUT2D eigenvalue weighted by Crippen LogP contribution is 2.43. The van der Waals surface area contributed by atoms with Gasteiger partial charge in [0.15, 0.2) is 0 Å². The van der Waals surface area contributed by atoms with Crippen molar-refractivity contribution in [1.29, 1.82) is 0 Å². The number of benzene rings is 6. The number of halogens is 5. The van der Waals surface area contributed by atoms with E-state index in [1.54, 1.807) is 36.0 Å². The number of alkyl halides is 2. The molecule has 3 N–H and O–H groups in total. The molecular formula is C75H83Cl4FN6O15. The van der Waals surface area contributed by atoms with Gasteiger partial charge in [0.2, 0.25) is 0 Å². The molecule has 12 rings (SSSR count). The highest BCUT2D eigenvalue weighted by Gasteiger charge is 2.39.